The summed E-state index contributed by atoms with van der Waals surface area (Å²) in [5, 5.41) is 13.4. The predicted octanol–water partition coefficient (Wildman–Crippen LogP) is 3.05. The van der Waals surface area contributed by atoms with Crippen LogP contribution in [0.1, 0.15) is 11.1 Å². The zero-order valence-corrected chi connectivity index (χ0v) is 14.2. The third-order valence-electron chi connectivity index (χ3n) is 3.71. The number of benzene rings is 2. The van der Waals surface area contributed by atoms with Crippen LogP contribution in [0.25, 0.3) is 0 Å². The minimum Gasteiger partial charge on any atom is -0.497 e. The van der Waals surface area contributed by atoms with Crippen LogP contribution in [0.4, 0.5) is 11.9 Å². The van der Waals surface area contributed by atoms with Crippen molar-refractivity contribution in [2.75, 3.05) is 24.9 Å². The number of hydrogen-bond acceptors (Lipinski definition) is 6. The topological polar surface area (TPSA) is 84.1 Å². The SMILES string of the molecule is COc1ccc(CNc2n[nH]c(NCc3ccc(OC)cc3)n2)cc1. The highest BCUT2D eigenvalue weighted by Crippen LogP contribution is 2.14. The van der Waals surface area contributed by atoms with Gasteiger partial charge >= 0.3 is 0 Å². The molecule has 0 aliphatic heterocycles. The van der Waals surface area contributed by atoms with Crippen LogP contribution in [0.2, 0.25) is 0 Å². The Morgan fingerprint density at radius 3 is 1.84 bits per heavy atom. The molecule has 25 heavy (non-hydrogen) atoms. The van der Waals surface area contributed by atoms with Crippen LogP contribution < -0.4 is 20.1 Å². The summed E-state index contributed by atoms with van der Waals surface area (Å²) >= 11 is 0. The lowest BCUT2D eigenvalue weighted by atomic mass is 10.2. The quantitative estimate of drug-likeness (QED) is 0.585. The molecule has 0 radical (unpaired) electrons. The summed E-state index contributed by atoms with van der Waals surface area (Å²) in [6.07, 6.45) is 0. The Kier molecular flexibility index (Phi) is 5.36. The Balaban J connectivity index is 1.49. The van der Waals surface area contributed by atoms with Crippen LogP contribution in [0.15, 0.2) is 48.5 Å². The van der Waals surface area contributed by atoms with Crippen LogP contribution in [0.3, 0.4) is 0 Å². The molecular formula is C18H21N5O2. The third-order valence-corrected chi connectivity index (χ3v) is 3.71. The molecule has 0 unspecified atom stereocenters. The highest BCUT2D eigenvalue weighted by molar-refractivity contribution is 5.37. The number of aromatic amines is 1. The predicted molar refractivity (Wildman–Crippen MR) is 97.0 cm³/mol. The van der Waals surface area contributed by atoms with E-state index in [0.29, 0.717) is 25.0 Å². The summed E-state index contributed by atoms with van der Waals surface area (Å²) in [7, 11) is 3.31. The number of aromatic nitrogens is 3. The third kappa shape index (κ3) is 4.63. The van der Waals surface area contributed by atoms with Crippen molar-refractivity contribution in [2.45, 2.75) is 13.1 Å². The van der Waals surface area contributed by atoms with Crippen LogP contribution in [0, 0.1) is 0 Å². The minimum atomic E-state index is 0.549. The van der Waals surface area contributed by atoms with Gasteiger partial charge in [0, 0.05) is 13.1 Å². The second kappa shape index (κ2) is 8.05. The van der Waals surface area contributed by atoms with Crippen molar-refractivity contribution >= 4 is 11.9 Å². The van der Waals surface area contributed by atoms with Crippen LogP contribution in [0.5, 0.6) is 11.5 Å². The summed E-state index contributed by atoms with van der Waals surface area (Å²) < 4.78 is 10.3. The standard InChI is InChI=1S/C18H21N5O2/c1-24-15-7-3-13(4-8-15)11-19-17-21-18(23-22-17)20-12-14-5-9-16(25-2)10-6-14/h3-10H,11-12H2,1-2H3,(H3,19,20,21,22,23). The fourth-order valence-electron chi connectivity index (χ4n) is 2.27. The molecule has 2 aromatic carbocycles. The van der Waals surface area contributed by atoms with E-state index in [1.165, 1.54) is 0 Å². The number of H-pyrrole nitrogens is 1. The van der Waals surface area contributed by atoms with Crippen LogP contribution >= 0.6 is 0 Å². The van der Waals surface area contributed by atoms with Gasteiger partial charge in [-0.15, -0.1) is 5.10 Å². The van der Waals surface area contributed by atoms with Gasteiger partial charge in [0.05, 0.1) is 14.2 Å². The Bertz CT molecular complexity index is 718. The lowest BCUT2D eigenvalue weighted by Crippen LogP contribution is -2.02. The number of methoxy groups -OCH3 is 2. The van der Waals surface area contributed by atoms with Gasteiger partial charge in [0.15, 0.2) is 0 Å². The molecule has 0 aliphatic carbocycles. The molecule has 1 aromatic heterocycles. The van der Waals surface area contributed by atoms with Crippen molar-refractivity contribution in [3.05, 3.63) is 59.7 Å². The Morgan fingerprint density at radius 1 is 0.800 bits per heavy atom. The van der Waals surface area contributed by atoms with Gasteiger partial charge < -0.3 is 20.1 Å². The van der Waals surface area contributed by atoms with Crippen molar-refractivity contribution < 1.29 is 9.47 Å². The molecule has 0 bridgehead atoms. The van der Waals surface area contributed by atoms with Crippen molar-refractivity contribution in [1.29, 1.82) is 0 Å². The number of ether oxygens (including phenoxy) is 2. The van der Waals surface area contributed by atoms with E-state index >= 15 is 0 Å². The molecule has 1 heterocycles. The molecule has 7 heteroatoms. The number of anilines is 2. The van der Waals surface area contributed by atoms with Crippen molar-refractivity contribution in [2.24, 2.45) is 0 Å². The van der Waals surface area contributed by atoms with E-state index in [4.69, 9.17) is 9.47 Å². The van der Waals surface area contributed by atoms with E-state index in [9.17, 15) is 0 Å². The molecule has 0 spiro atoms. The van der Waals surface area contributed by atoms with Gasteiger partial charge in [0.25, 0.3) is 0 Å². The molecule has 0 aliphatic rings. The van der Waals surface area contributed by atoms with Gasteiger partial charge in [0.2, 0.25) is 11.9 Å². The first-order chi connectivity index (χ1) is 12.3. The van der Waals surface area contributed by atoms with E-state index in [1.807, 2.05) is 48.5 Å². The summed E-state index contributed by atoms with van der Waals surface area (Å²) in [6.45, 7) is 1.29. The molecule has 3 rings (SSSR count). The van der Waals surface area contributed by atoms with E-state index < -0.39 is 0 Å². The Morgan fingerprint density at radius 2 is 1.32 bits per heavy atom. The average Bonchev–Trinajstić information content (AvgIpc) is 3.13. The molecule has 7 nitrogen and oxygen atoms in total. The molecule has 3 N–H and O–H groups in total. The van der Waals surface area contributed by atoms with Gasteiger partial charge in [-0.1, -0.05) is 24.3 Å². The van der Waals surface area contributed by atoms with Crippen LogP contribution in [-0.4, -0.2) is 29.4 Å². The maximum absolute atomic E-state index is 5.15. The van der Waals surface area contributed by atoms with Crippen LogP contribution in [-0.2, 0) is 13.1 Å². The van der Waals surface area contributed by atoms with Gasteiger partial charge in [-0.3, -0.25) is 0 Å². The zero-order valence-electron chi connectivity index (χ0n) is 14.2. The first-order valence-corrected chi connectivity index (χ1v) is 7.93. The average molecular weight is 339 g/mol. The fraction of sp³-hybridized carbons (Fsp3) is 0.222. The first-order valence-electron chi connectivity index (χ1n) is 7.93. The van der Waals surface area contributed by atoms with Crippen molar-refractivity contribution in [1.82, 2.24) is 15.2 Å². The first kappa shape index (κ1) is 16.6. The number of nitrogens with zero attached hydrogens (tertiary/aromatic N) is 2. The lowest BCUT2D eigenvalue weighted by molar-refractivity contribution is 0.414. The molecule has 0 saturated heterocycles. The van der Waals surface area contributed by atoms with E-state index in [1.54, 1.807) is 14.2 Å². The maximum Gasteiger partial charge on any atom is 0.243 e. The summed E-state index contributed by atoms with van der Waals surface area (Å²) in [6, 6.07) is 15.7. The summed E-state index contributed by atoms with van der Waals surface area (Å²) in [5.74, 6) is 2.85. The summed E-state index contributed by atoms with van der Waals surface area (Å²) in [5.41, 5.74) is 2.25. The van der Waals surface area contributed by atoms with Crippen molar-refractivity contribution in [3.8, 4) is 11.5 Å². The number of hydrogen-bond donors (Lipinski definition) is 3. The van der Waals surface area contributed by atoms with E-state index in [2.05, 4.69) is 25.8 Å². The molecule has 0 saturated carbocycles. The fourth-order valence-corrected chi connectivity index (χ4v) is 2.27. The molecular weight excluding hydrogens is 318 g/mol. The van der Waals surface area contributed by atoms with Crippen molar-refractivity contribution in [3.63, 3.8) is 0 Å². The zero-order chi connectivity index (χ0) is 17.5. The Hall–Kier alpha value is -3.22. The van der Waals surface area contributed by atoms with E-state index in [-0.39, 0.29) is 0 Å². The van der Waals surface area contributed by atoms with Gasteiger partial charge in [-0.2, -0.15) is 4.98 Å². The molecule has 0 fully saturated rings. The molecule has 130 valence electrons. The smallest absolute Gasteiger partial charge is 0.243 e. The normalized spacial score (nSPS) is 10.3. The Labute approximate surface area is 146 Å². The second-order valence-electron chi connectivity index (χ2n) is 5.41. The molecule has 0 amide bonds. The monoisotopic (exact) mass is 339 g/mol. The highest BCUT2D eigenvalue weighted by Gasteiger charge is 2.03. The van der Waals surface area contributed by atoms with Gasteiger partial charge in [-0.25, -0.2) is 5.10 Å². The maximum atomic E-state index is 5.15. The largest absolute Gasteiger partial charge is 0.497 e. The lowest BCUT2D eigenvalue weighted by Gasteiger charge is -2.04. The molecule has 0 atom stereocenters. The number of nitrogens with one attached hydrogen (secondary N) is 3. The molecule has 3 aromatic rings. The van der Waals surface area contributed by atoms with Gasteiger partial charge in [0.1, 0.15) is 11.5 Å². The summed E-state index contributed by atoms with van der Waals surface area (Å²) in [4.78, 5) is 4.37. The highest BCUT2D eigenvalue weighted by atomic mass is 16.5. The van der Waals surface area contributed by atoms with E-state index in [0.717, 1.165) is 22.6 Å². The second-order valence-corrected chi connectivity index (χ2v) is 5.41. The number of rotatable bonds is 8. The minimum absolute atomic E-state index is 0.549. The van der Waals surface area contributed by atoms with Gasteiger partial charge in [-0.05, 0) is 35.4 Å².